The molecule has 4 nitrogen and oxygen atoms in total. The Morgan fingerprint density at radius 3 is 3.00 bits per heavy atom. The summed E-state index contributed by atoms with van der Waals surface area (Å²) in [5.41, 5.74) is 0. The first kappa shape index (κ1) is 9.03. The molecule has 0 spiro atoms. The zero-order valence-corrected chi connectivity index (χ0v) is 7.67. The van der Waals surface area contributed by atoms with Crippen molar-refractivity contribution in [1.29, 1.82) is 0 Å². The fraction of sp³-hybridized carbons (Fsp3) is 0. The molecule has 43 valence electrons. The van der Waals surface area contributed by atoms with Crippen molar-refractivity contribution in [2.24, 2.45) is 5.16 Å². The number of hydrogen-bond donors (Lipinski definition) is 1. The van der Waals surface area contributed by atoms with Crippen LogP contribution in [0.15, 0.2) is 11.4 Å². The van der Waals surface area contributed by atoms with Crippen LogP contribution >= 0.6 is 11.5 Å². The van der Waals surface area contributed by atoms with Crippen LogP contribution in [0.1, 0.15) is 4.88 Å². The molecule has 1 N–H and O–H groups in total. The third kappa shape index (κ3) is 2.90. The maximum atomic E-state index is 7.96. The molecule has 0 fully saturated rings. The van der Waals surface area contributed by atoms with Gasteiger partial charge in [0.2, 0.25) is 0 Å². The summed E-state index contributed by atoms with van der Waals surface area (Å²) in [6.07, 6.45) is 2.80. The molecule has 0 unspecified atom stereocenters. The van der Waals surface area contributed by atoms with E-state index in [4.69, 9.17) is 5.21 Å². The quantitative estimate of drug-likeness (QED) is 0.266. The van der Waals surface area contributed by atoms with Crippen LogP contribution < -0.4 is 0 Å². The van der Waals surface area contributed by atoms with Gasteiger partial charge in [-0.15, -0.1) is 5.10 Å². The molecule has 1 aromatic heterocycles. The Bertz CT molecular complexity index is 175. The second kappa shape index (κ2) is 4.87. The Morgan fingerprint density at radius 1 is 1.78 bits per heavy atom. The molecule has 6 heteroatoms. The Morgan fingerprint density at radius 2 is 2.56 bits per heavy atom. The van der Waals surface area contributed by atoms with E-state index in [1.165, 1.54) is 23.9 Å². The van der Waals surface area contributed by atoms with Gasteiger partial charge in [0, 0.05) is 29.6 Å². The molecule has 0 bridgehead atoms. The molecule has 1 radical (unpaired) electrons. The van der Waals surface area contributed by atoms with E-state index >= 15 is 0 Å². The fourth-order valence-electron chi connectivity index (χ4n) is 0.289. The van der Waals surface area contributed by atoms with Crippen molar-refractivity contribution in [3.63, 3.8) is 0 Å². The van der Waals surface area contributed by atoms with Crippen LogP contribution in [0.5, 0.6) is 0 Å². The molecule has 0 atom stereocenters. The van der Waals surface area contributed by atoms with E-state index in [0.717, 1.165) is 4.88 Å². The number of oxime groups is 1. The van der Waals surface area contributed by atoms with Gasteiger partial charge in [-0.1, -0.05) is 9.64 Å². The molecule has 0 aliphatic carbocycles. The van der Waals surface area contributed by atoms with Crippen molar-refractivity contribution in [3.05, 3.63) is 11.1 Å². The van der Waals surface area contributed by atoms with E-state index in [1.807, 2.05) is 0 Å². The van der Waals surface area contributed by atoms with Crippen molar-refractivity contribution in [3.8, 4) is 0 Å². The molecular formula is C3H3N3NaOS. The van der Waals surface area contributed by atoms with E-state index in [2.05, 4.69) is 14.7 Å². The van der Waals surface area contributed by atoms with Gasteiger partial charge in [-0.05, 0) is 11.5 Å². The Labute approximate surface area is 78.0 Å². The summed E-state index contributed by atoms with van der Waals surface area (Å²) in [5.74, 6) is 0. The number of aromatic nitrogens is 2. The predicted octanol–water partition coefficient (Wildman–Crippen LogP) is -0.0346. The van der Waals surface area contributed by atoms with Crippen molar-refractivity contribution in [1.82, 2.24) is 9.59 Å². The van der Waals surface area contributed by atoms with E-state index in [0.29, 0.717) is 0 Å². The minimum Gasteiger partial charge on any atom is -0.411 e. The summed E-state index contributed by atoms with van der Waals surface area (Å²) >= 11 is 1.18. The summed E-state index contributed by atoms with van der Waals surface area (Å²) in [6.45, 7) is 0. The molecule has 1 heterocycles. The third-order valence-corrected chi connectivity index (χ3v) is 1.16. The first-order valence-electron chi connectivity index (χ1n) is 1.88. The van der Waals surface area contributed by atoms with E-state index in [1.54, 1.807) is 0 Å². The average Bonchev–Trinajstić information content (AvgIpc) is 2.19. The van der Waals surface area contributed by atoms with Crippen molar-refractivity contribution in [2.45, 2.75) is 0 Å². The molecule has 0 aromatic carbocycles. The second-order valence-electron chi connectivity index (χ2n) is 1.06. The largest absolute Gasteiger partial charge is 0.411 e. The van der Waals surface area contributed by atoms with Gasteiger partial charge in [-0.3, -0.25) is 0 Å². The molecule has 0 amide bonds. The van der Waals surface area contributed by atoms with Gasteiger partial charge in [0.25, 0.3) is 0 Å². The van der Waals surface area contributed by atoms with Crippen molar-refractivity contribution >= 4 is 47.3 Å². The molecular weight excluding hydrogens is 149 g/mol. The first-order valence-corrected chi connectivity index (χ1v) is 2.65. The van der Waals surface area contributed by atoms with Gasteiger partial charge >= 0.3 is 0 Å². The average molecular weight is 152 g/mol. The van der Waals surface area contributed by atoms with Gasteiger partial charge in [0.15, 0.2) is 0 Å². The molecule has 1 aromatic rings. The molecule has 9 heavy (non-hydrogen) atoms. The topological polar surface area (TPSA) is 58.4 Å². The summed E-state index contributed by atoms with van der Waals surface area (Å²) in [6, 6.07) is 0. The first-order chi connectivity index (χ1) is 3.93. The van der Waals surface area contributed by atoms with Crippen molar-refractivity contribution in [2.75, 3.05) is 0 Å². The zero-order chi connectivity index (χ0) is 5.82. The minimum absolute atomic E-state index is 0. The normalized spacial score (nSPS) is 9.33. The number of nitrogens with zero attached hydrogens (tertiary/aromatic N) is 3. The van der Waals surface area contributed by atoms with Gasteiger partial charge in [0.1, 0.15) is 0 Å². The maximum Gasteiger partial charge on any atom is 0.0897 e. The van der Waals surface area contributed by atoms with Gasteiger partial charge in [-0.25, -0.2) is 0 Å². The minimum atomic E-state index is 0. The van der Waals surface area contributed by atoms with Crippen LogP contribution in [0.3, 0.4) is 0 Å². The standard InChI is InChI=1S/C3H3N3OS.Na/c7-5-2-3-1-4-6-8-3;/h1-2,7H;. The molecule has 0 saturated carbocycles. The Kier molecular flexibility index (Phi) is 4.88. The van der Waals surface area contributed by atoms with Gasteiger partial charge in [-0.2, -0.15) is 0 Å². The summed E-state index contributed by atoms with van der Waals surface area (Å²) in [5, 5.41) is 14.2. The summed E-state index contributed by atoms with van der Waals surface area (Å²) < 4.78 is 3.53. The smallest absolute Gasteiger partial charge is 0.0897 e. The SMILES string of the molecule is ON=Cc1cnns1.[Na]. The summed E-state index contributed by atoms with van der Waals surface area (Å²) in [7, 11) is 0. The van der Waals surface area contributed by atoms with E-state index in [9.17, 15) is 0 Å². The fourth-order valence-corrected chi connectivity index (χ4v) is 0.666. The third-order valence-electron chi connectivity index (χ3n) is 0.563. The van der Waals surface area contributed by atoms with Crippen molar-refractivity contribution < 1.29 is 5.21 Å². The van der Waals surface area contributed by atoms with Crippen LogP contribution in [-0.4, -0.2) is 50.6 Å². The molecule has 0 saturated heterocycles. The van der Waals surface area contributed by atoms with Gasteiger partial charge in [0.05, 0.1) is 17.3 Å². The van der Waals surface area contributed by atoms with Gasteiger partial charge < -0.3 is 5.21 Å². The monoisotopic (exact) mass is 152 g/mol. The zero-order valence-electron chi connectivity index (χ0n) is 4.85. The predicted molar refractivity (Wildman–Crippen MR) is 35.0 cm³/mol. The second-order valence-corrected chi connectivity index (χ2v) is 1.88. The Hall–Kier alpha value is 0.0300. The van der Waals surface area contributed by atoms with E-state index in [-0.39, 0.29) is 29.6 Å². The van der Waals surface area contributed by atoms with Crippen LogP contribution in [0.4, 0.5) is 0 Å². The number of rotatable bonds is 1. The van der Waals surface area contributed by atoms with Crippen LogP contribution in [0, 0.1) is 0 Å². The van der Waals surface area contributed by atoms with Crippen LogP contribution in [-0.2, 0) is 0 Å². The molecule has 0 aliphatic rings. The molecule has 0 aliphatic heterocycles. The number of hydrogen-bond acceptors (Lipinski definition) is 5. The molecule has 1 rings (SSSR count). The maximum absolute atomic E-state index is 7.96. The van der Waals surface area contributed by atoms with Crippen LogP contribution in [0.2, 0.25) is 0 Å². The van der Waals surface area contributed by atoms with E-state index < -0.39 is 0 Å². The summed E-state index contributed by atoms with van der Waals surface area (Å²) in [4.78, 5) is 0.743. The van der Waals surface area contributed by atoms with Crippen LogP contribution in [0.25, 0.3) is 0 Å². The Balaban J connectivity index is 0.000000640.